The summed E-state index contributed by atoms with van der Waals surface area (Å²) in [6.45, 7) is 4.91. The third kappa shape index (κ3) is 6.45. The number of phenolic OH excluding ortho intramolecular Hbond substituents is 1. The predicted molar refractivity (Wildman–Crippen MR) is 183 cm³/mol. The lowest BCUT2D eigenvalue weighted by Gasteiger charge is -2.38. The van der Waals surface area contributed by atoms with Crippen molar-refractivity contribution in [3.05, 3.63) is 110 Å². The minimum absolute atomic E-state index is 0.0862. The van der Waals surface area contributed by atoms with Crippen LogP contribution in [0.5, 0.6) is 5.75 Å². The van der Waals surface area contributed by atoms with Gasteiger partial charge >= 0.3 is 5.97 Å². The first kappa shape index (κ1) is 31.4. The van der Waals surface area contributed by atoms with Gasteiger partial charge in [-0.25, -0.2) is 4.79 Å². The molecule has 1 aliphatic heterocycles. The fraction of sp³-hybridized carbons (Fsp3) is 0.176. The summed E-state index contributed by atoms with van der Waals surface area (Å²) in [5.41, 5.74) is 5.80. The molecule has 2 aliphatic rings. The third-order valence-corrected chi connectivity index (χ3v) is 12.5. The normalized spacial score (nSPS) is 15.8. The number of thiophene rings is 1. The van der Waals surface area contributed by atoms with Gasteiger partial charge in [0.2, 0.25) is 5.91 Å². The van der Waals surface area contributed by atoms with Crippen molar-refractivity contribution in [2.45, 2.75) is 13.1 Å². The molecule has 2 amide bonds. The smallest absolute Gasteiger partial charge is 0.346 e. The zero-order valence-corrected chi connectivity index (χ0v) is 27.2. The number of aromatic carboxylic acids is 1. The van der Waals surface area contributed by atoms with E-state index in [4.69, 9.17) is 0 Å². The second-order valence-corrected chi connectivity index (χ2v) is 16.5. The lowest BCUT2D eigenvalue weighted by atomic mass is 9.89. The first-order valence-electron chi connectivity index (χ1n) is 14.4. The lowest BCUT2D eigenvalue weighted by molar-refractivity contribution is -0.116. The highest BCUT2D eigenvalue weighted by Gasteiger charge is 2.40. The number of nitrogens with zero attached hydrogens (tertiary/aromatic N) is 1. The van der Waals surface area contributed by atoms with Gasteiger partial charge in [0, 0.05) is 44.5 Å². The Morgan fingerprint density at radius 1 is 0.978 bits per heavy atom. The number of rotatable bonds is 9. The minimum Gasteiger partial charge on any atom is -0.508 e. The van der Waals surface area contributed by atoms with E-state index in [1.807, 2.05) is 31.3 Å². The van der Waals surface area contributed by atoms with Crippen molar-refractivity contribution in [2.75, 3.05) is 32.5 Å². The van der Waals surface area contributed by atoms with Crippen LogP contribution in [0.3, 0.4) is 0 Å². The number of benzene rings is 2. The van der Waals surface area contributed by atoms with Crippen LogP contribution in [-0.4, -0.2) is 69.0 Å². The number of carboxylic acids is 1. The van der Waals surface area contributed by atoms with Crippen LogP contribution in [0.2, 0.25) is 13.1 Å². The molecule has 3 aromatic rings. The van der Waals surface area contributed by atoms with Gasteiger partial charge in [-0.1, -0.05) is 37.4 Å². The van der Waals surface area contributed by atoms with Gasteiger partial charge in [0.05, 0.1) is 10.6 Å². The summed E-state index contributed by atoms with van der Waals surface area (Å²) >= 11 is 0.937. The maximum atomic E-state index is 13.2. The van der Waals surface area contributed by atoms with E-state index in [1.165, 1.54) is 23.4 Å². The Bertz CT molecular complexity index is 1850. The molecular formula is C34H34N4O5SSi. The summed E-state index contributed by atoms with van der Waals surface area (Å²) in [6, 6.07) is 14.3. The average Bonchev–Trinajstić information content (AvgIpc) is 3.48. The Labute approximate surface area is 266 Å². The van der Waals surface area contributed by atoms with Crippen LogP contribution in [0.25, 0.3) is 11.6 Å². The summed E-state index contributed by atoms with van der Waals surface area (Å²) in [4.78, 5) is 42.7. The van der Waals surface area contributed by atoms with Gasteiger partial charge in [0.25, 0.3) is 5.91 Å². The fourth-order valence-corrected chi connectivity index (χ4v) is 9.53. The Morgan fingerprint density at radius 2 is 1.71 bits per heavy atom. The Kier molecular flexibility index (Phi) is 9.03. The molecule has 2 aromatic carbocycles. The number of carboxylic acid groups (broad SMARTS) is 1. The number of hydrogen-bond acceptors (Lipinski definition) is 7. The molecule has 0 saturated heterocycles. The van der Waals surface area contributed by atoms with Crippen LogP contribution >= 0.6 is 11.3 Å². The van der Waals surface area contributed by atoms with Crippen LogP contribution in [-0.2, 0) is 4.79 Å². The molecule has 0 fully saturated rings. The standard InChI is InChI=1S/C34H34N4O5SSi/c1-35-21-8-12-24-28(17-21)45(3,4)29-18-22(36-2)9-13-25(29)31(24)26-19-27(44-32(26)34(42)43)33(41)38-16-15-37-30(40)14-7-20-5-10-23(39)11-6-20/h5-14,17-19,35,39H,15-16H2,1-4H3,(H,37,40)(H,38,41)(H,42,43)/b14-7+,36-22+. The van der Waals surface area contributed by atoms with E-state index in [2.05, 4.69) is 46.2 Å². The van der Waals surface area contributed by atoms with Crippen molar-refractivity contribution >= 4 is 65.4 Å². The molecule has 0 saturated carbocycles. The van der Waals surface area contributed by atoms with Gasteiger partial charge in [-0.05, 0) is 81.2 Å². The number of carbonyl (C=O) groups excluding carboxylic acids is 2. The van der Waals surface area contributed by atoms with Crippen molar-refractivity contribution in [1.82, 2.24) is 10.6 Å². The predicted octanol–water partition coefficient (Wildman–Crippen LogP) is 4.59. The first-order valence-corrected chi connectivity index (χ1v) is 18.2. The fourth-order valence-electron chi connectivity index (χ4n) is 5.53. The molecule has 5 rings (SSSR count). The largest absolute Gasteiger partial charge is 0.508 e. The molecule has 11 heteroatoms. The van der Waals surface area contributed by atoms with Gasteiger partial charge < -0.3 is 26.2 Å². The number of aromatic hydroxyl groups is 1. The zero-order valence-electron chi connectivity index (χ0n) is 25.4. The topological polar surface area (TPSA) is 140 Å². The summed E-state index contributed by atoms with van der Waals surface area (Å²) in [7, 11) is 1.41. The monoisotopic (exact) mass is 638 g/mol. The van der Waals surface area contributed by atoms with Crippen LogP contribution < -0.4 is 21.1 Å². The molecule has 2 heterocycles. The van der Waals surface area contributed by atoms with Crippen LogP contribution in [0.4, 0.5) is 5.69 Å². The number of hydrogen-bond donors (Lipinski definition) is 5. The lowest BCUT2D eigenvalue weighted by Crippen LogP contribution is -2.49. The maximum Gasteiger partial charge on any atom is 0.346 e. The molecular weight excluding hydrogens is 605 g/mol. The number of allylic oxidation sites excluding steroid dienone is 5. The summed E-state index contributed by atoms with van der Waals surface area (Å²) in [6.07, 6.45) is 9.04. The number of aliphatic imine (C=N–C) groups is 1. The first-order chi connectivity index (χ1) is 21.5. The molecule has 0 bridgehead atoms. The minimum atomic E-state index is -2.21. The van der Waals surface area contributed by atoms with Gasteiger partial charge in [0.1, 0.15) is 18.7 Å². The molecule has 9 nitrogen and oxygen atoms in total. The molecule has 45 heavy (non-hydrogen) atoms. The molecule has 0 spiro atoms. The molecule has 5 N–H and O–H groups in total. The van der Waals surface area contributed by atoms with E-state index >= 15 is 0 Å². The highest BCUT2D eigenvalue weighted by Crippen LogP contribution is 2.44. The second-order valence-electron chi connectivity index (χ2n) is 11.1. The van der Waals surface area contributed by atoms with Crippen molar-refractivity contribution in [3.8, 4) is 5.75 Å². The number of anilines is 1. The molecule has 0 unspecified atom stereocenters. The maximum absolute atomic E-state index is 13.2. The van der Waals surface area contributed by atoms with E-state index in [1.54, 1.807) is 31.3 Å². The summed E-state index contributed by atoms with van der Waals surface area (Å²) in [5.74, 6) is -1.71. The summed E-state index contributed by atoms with van der Waals surface area (Å²) in [5, 5.41) is 30.7. The Hall–Kier alpha value is -5.00. The van der Waals surface area contributed by atoms with Crippen molar-refractivity contribution in [3.63, 3.8) is 0 Å². The van der Waals surface area contributed by atoms with Gasteiger partial charge in [-0.2, -0.15) is 0 Å². The summed E-state index contributed by atoms with van der Waals surface area (Å²) < 4.78 is 0. The van der Waals surface area contributed by atoms with Gasteiger partial charge in [0.15, 0.2) is 0 Å². The van der Waals surface area contributed by atoms with Crippen molar-refractivity contribution < 1.29 is 24.6 Å². The van der Waals surface area contributed by atoms with Crippen molar-refractivity contribution in [1.29, 1.82) is 0 Å². The zero-order chi connectivity index (χ0) is 32.3. The quantitative estimate of drug-likeness (QED) is 0.132. The molecule has 1 aliphatic carbocycles. The third-order valence-electron chi connectivity index (χ3n) is 7.90. The van der Waals surface area contributed by atoms with Gasteiger partial charge in [-0.3, -0.25) is 14.6 Å². The average molecular weight is 639 g/mol. The van der Waals surface area contributed by atoms with Crippen LogP contribution in [0.1, 0.15) is 36.0 Å². The van der Waals surface area contributed by atoms with Gasteiger partial charge in [-0.15, -0.1) is 11.3 Å². The molecule has 230 valence electrons. The van der Waals surface area contributed by atoms with E-state index in [-0.39, 0.29) is 34.5 Å². The van der Waals surface area contributed by atoms with Crippen molar-refractivity contribution in [2.24, 2.45) is 4.99 Å². The van der Waals surface area contributed by atoms with Crippen LogP contribution in [0.15, 0.2) is 88.6 Å². The number of nitrogens with one attached hydrogen (secondary N) is 3. The molecule has 0 radical (unpaired) electrons. The second kappa shape index (κ2) is 12.9. The molecule has 0 atom stereocenters. The Balaban J connectivity index is 1.40. The van der Waals surface area contributed by atoms with E-state index in [9.17, 15) is 24.6 Å². The number of amides is 2. The molecule has 1 aromatic heterocycles. The van der Waals surface area contributed by atoms with E-state index < -0.39 is 20.0 Å². The van der Waals surface area contributed by atoms with E-state index in [0.717, 1.165) is 50.2 Å². The number of phenols is 1. The van der Waals surface area contributed by atoms with Crippen LogP contribution in [0, 0.1) is 0 Å². The number of carbonyl (C=O) groups is 3. The Morgan fingerprint density at radius 3 is 2.40 bits per heavy atom. The highest BCUT2D eigenvalue weighted by molar-refractivity contribution is 7.16. The highest BCUT2D eigenvalue weighted by atomic mass is 32.1. The SMILES string of the molecule is C/N=C1\C=CC2=C(c3cc(C(=O)NCCNC(=O)/C=C/c4ccc(O)cc4)sc3C(=O)O)c3ccc(NC)cc3[Si](C)(C)C2=C1. The van der Waals surface area contributed by atoms with E-state index in [0.29, 0.717) is 5.56 Å². The number of fused-ring (bicyclic) bond motifs is 2.